The van der Waals surface area contributed by atoms with Gasteiger partial charge in [0.15, 0.2) is 0 Å². The van der Waals surface area contributed by atoms with Gasteiger partial charge in [0.25, 0.3) is 0 Å². The quantitative estimate of drug-likeness (QED) is 0.782. The van der Waals surface area contributed by atoms with Crippen LogP contribution in [-0.2, 0) is 16.4 Å². The van der Waals surface area contributed by atoms with Crippen LogP contribution >= 0.6 is 0 Å². The van der Waals surface area contributed by atoms with Crippen molar-refractivity contribution in [2.24, 2.45) is 0 Å². The molecule has 0 radical (unpaired) electrons. The molecule has 5 heteroatoms. The molecule has 1 unspecified atom stereocenters. The zero-order valence-electron chi connectivity index (χ0n) is 12.3. The predicted molar refractivity (Wildman–Crippen MR) is 82.2 cm³/mol. The van der Waals surface area contributed by atoms with Crippen LogP contribution in [0.25, 0.3) is 0 Å². The fraction of sp³-hybridized carbons (Fsp3) is 0.600. The highest BCUT2D eigenvalue weighted by molar-refractivity contribution is 7.88. The van der Waals surface area contributed by atoms with Crippen LogP contribution in [0.1, 0.15) is 36.9 Å². The smallest absolute Gasteiger partial charge is 0.211 e. The van der Waals surface area contributed by atoms with Gasteiger partial charge in [-0.3, -0.25) is 0 Å². The van der Waals surface area contributed by atoms with Gasteiger partial charge in [0.2, 0.25) is 10.0 Å². The van der Waals surface area contributed by atoms with Gasteiger partial charge in [-0.15, -0.1) is 0 Å². The molecule has 0 saturated heterocycles. The Morgan fingerprint density at radius 2 is 2.10 bits per heavy atom. The summed E-state index contributed by atoms with van der Waals surface area (Å²) in [6.07, 6.45) is 4.40. The summed E-state index contributed by atoms with van der Waals surface area (Å²) in [6.45, 7) is 3.87. The minimum atomic E-state index is -3.06. The molecule has 2 rings (SSSR count). The molecule has 1 aliphatic carbocycles. The van der Waals surface area contributed by atoms with E-state index in [4.69, 9.17) is 0 Å². The Morgan fingerprint density at radius 3 is 2.80 bits per heavy atom. The van der Waals surface area contributed by atoms with Crippen LogP contribution < -0.4 is 5.32 Å². The number of aryl methyl sites for hydroxylation is 1. The lowest BCUT2D eigenvalue weighted by atomic mass is 10.1. The van der Waals surface area contributed by atoms with E-state index >= 15 is 0 Å². The predicted octanol–water partition coefficient (Wildman–Crippen LogP) is 1.94. The molecule has 0 saturated carbocycles. The number of nitrogens with zero attached hydrogens (tertiary/aromatic N) is 1. The first-order valence-electron chi connectivity index (χ1n) is 7.28. The van der Waals surface area contributed by atoms with Gasteiger partial charge in [0.05, 0.1) is 6.26 Å². The van der Waals surface area contributed by atoms with E-state index in [2.05, 4.69) is 29.6 Å². The molecule has 0 bridgehead atoms. The van der Waals surface area contributed by atoms with E-state index in [0.717, 1.165) is 25.8 Å². The Kier molecular flexibility index (Phi) is 5.18. The maximum Gasteiger partial charge on any atom is 0.211 e. The number of nitrogens with one attached hydrogen (secondary N) is 1. The van der Waals surface area contributed by atoms with Crippen LogP contribution in [0.5, 0.6) is 0 Å². The fourth-order valence-corrected chi connectivity index (χ4v) is 3.79. The summed E-state index contributed by atoms with van der Waals surface area (Å²) in [5, 5.41) is 3.55. The second-order valence-corrected chi connectivity index (χ2v) is 7.33. The van der Waals surface area contributed by atoms with Crippen molar-refractivity contribution < 1.29 is 8.42 Å². The van der Waals surface area contributed by atoms with E-state index in [9.17, 15) is 8.42 Å². The lowest BCUT2D eigenvalue weighted by molar-refractivity contribution is 0.410. The number of benzene rings is 1. The Morgan fingerprint density at radius 1 is 1.35 bits per heavy atom. The lowest BCUT2D eigenvalue weighted by Gasteiger charge is -2.19. The van der Waals surface area contributed by atoms with Crippen molar-refractivity contribution >= 4 is 10.0 Å². The van der Waals surface area contributed by atoms with Crippen molar-refractivity contribution in [1.29, 1.82) is 0 Å². The molecule has 112 valence electrons. The highest BCUT2D eigenvalue weighted by Crippen LogP contribution is 2.30. The Balaban J connectivity index is 1.78. The standard InChI is InChI=1S/C15H24N2O2S/c1-3-17(20(2,18)19)12-6-11-16-15-10-9-13-7-4-5-8-14(13)15/h4-5,7-8,15-16H,3,6,9-12H2,1-2H3. The van der Waals surface area contributed by atoms with Crippen molar-refractivity contribution in [3.63, 3.8) is 0 Å². The minimum absolute atomic E-state index is 0.430. The first kappa shape index (κ1) is 15.5. The molecule has 0 spiro atoms. The van der Waals surface area contributed by atoms with E-state index in [1.165, 1.54) is 21.7 Å². The van der Waals surface area contributed by atoms with E-state index in [1.54, 1.807) is 0 Å². The molecule has 0 fully saturated rings. The van der Waals surface area contributed by atoms with Crippen molar-refractivity contribution in [3.8, 4) is 0 Å². The SMILES string of the molecule is CCN(CCCNC1CCc2ccccc21)S(C)(=O)=O. The van der Waals surface area contributed by atoms with Crippen molar-refractivity contribution in [2.45, 2.75) is 32.2 Å². The third-order valence-electron chi connectivity index (χ3n) is 3.93. The number of hydrogen-bond acceptors (Lipinski definition) is 3. The highest BCUT2D eigenvalue weighted by atomic mass is 32.2. The molecule has 0 amide bonds. The van der Waals surface area contributed by atoms with Crippen LogP contribution in [0, 0.1) is 0 Å². The Labute approximate surface area is 122 Å². The van der Waals surface area contributed by atoms with Crippen molar-refractivity contribution in [1.82, 2.24) is 9.62 Å². The van der Waals surface area contributed by atoms with E-state index in [0.29, 0.717) is 19.1 Å². The molecule has 0 heterocycles. The summed E-state index contributed by atoms with van der Waals surface area (Å²) in [5.74, 6) is 0. The van der Waals surface area contributed by atoms with Crippen LogP contribution in [0.2, 0.25) is 0 Å². The van der Waals surface area contributed by atoms with E-state index in [1.807, 2.05) is 6.92 Å². The van der Waals surface area contributed by atoms with Crippen LogP contribution in [0.15, 0.2) is 24.3 Å². The molecular weight excluding hydrogens is 272 g/mol. The fourth-order valence-electron chi connectivity index (χ4n) is 2.86. The average molecular weight is 296 g/mol. The molecule has 20 heavy (non-hydrogen) atoms. The second-order valence-electron chi connectivity index (χ2n) is 5.35. The molecule has 1 aromatic carbocycles. The van der Waals surface area contributed by atoms with Gasteiger partial charge in [0.1, 0.15) is 0 Å². The molecule has 1 aromatic rings. The maximum absolute atomic E-state index is 11.5. The summed E-state index contributed by atoms with van der Waals surface area (Å²) in [4.78, 5) is 0. The topological polar surface area (TPSA) is 49.4 Å². The van der Waals surface area contributed by atoms with Gasteiger partial charge in [-0.1, -0.05) is 31.2 Å². The van der Waals surface area contributed by atoms with Gasteiger partial charge in [-0.2, -0.15) is 0 Å². The molecule has 1 aliphatic rings. The number of fused-ring (bicyclic) bond motifs is 1. The molecular formula is C15H24N2O2S. The monoisotopic (exact) mass is 296 g/mol. The molecule has 0 aromatic heterocycles. The second kappa shape index (κ2) is 6.70. The van der Waals surface area contributed by atoms with E-state index in [-0.39, 0.29) is 0 Å². The Hall–Kier alpha value is -0.910. The van der Waals surface area contributed by atoms with Gasteiger partial charge in [-0.05, 0) is 36.9 Å². The summed E-state index contributed by atoms with van der Waals surface area (Å²) >= 11 is 0. The summed E-state index contributed by atoms with van der Waals surface area (Å²) in [7, 11) is -3.06. The van der Waals surface area contributed by atoms with Crippen LogP contribution in [0.3, 0.4) is 0 Å². The van der Waals surface area contributed by atoms with Gasteiger partial charge >= 0.3 is 0 Å². The summed E-state index contributed by atoms with van der Waals surface area (Å²) in [5.41, 5.74) is 2.85. The summed E-state index contributed by atoms with van der Waals surface area (Å²) in [6, 6.07) is 8.99. The Bertz CT molecular complexity index is 543. The summed E-state index contributed by atoms with van der Waals surface area (Å²) < 4.78 is 24.5. The largest absolute Gasteiger partial charge is 0.310 e. The zero-order chi connectivity index (χ0) is 14.6. The maximum atomic E-state index is 11.5. The van der Waals surface area contributed by atoms with Crippen molar-refractivity contribution in [2.75, 3.05) is 25.9 Å². The molecule has 0 aliphatic heterocycles. The highest BCUT2D eigenvalue weighted by Gasteiger charge is 2.21. The molecule has 1 atom stereocenters. The molecule has 1 N–H and O–H groups in total. The minimum Gasteiger partial charge on any atom is -0.310 e. The zero-order valence-corrected chi connectivity index (χ0v) is 13.1. The first-order chi connectivity index (χ1) is 9.52. The van der Waals surface area contributed by atoms with Gasteiger partial charge in [-0.25, -0.2) is 12.7 Å². The average Bonchev–Trinajstić information content (AvgIpc) is 2.81. The first-order valence-corrected chi connectivity index (χ1v) is 9.13. The van der Waals surface area contributed by atoms with Gasteiger partial charge < -0.3 is 5.32 Å². The normalized spacial score (nSPS) is 18.4. The van der Waals surface area contributed by atoms with E-state index < -0.39 is 10.0 Å². The number of hydrogen-bond donors (Lipinski definition) is 1. The molecule has 4 nitrogen and oxygen atoms in total. The van der Waals surface area contributed by atoms with Crippen LogP contribution in [-0.4, -0.2) is 38.6 Å². The third-order valence-corrected chi connectivity index (χ3v) is 5.31. The van der Waals surface area contributed by atoms with Gasteiger partial charge in [0, 0.05) is 19.1 Å². The van der Waals surface area contributed by atoms with Crippen molar-refractivity contribution in [3.05, 3.63) is 35.4 Å². The number of rotatable bonds is 7. The lowest BCUT2D eigenvalue weighted by Crippen LogP contribution is -2.32. The van der Waals surface area contributed by atoms with Crippen LogP contribution in [0.4, 0.5) is 0 Å². The number of sulfonamides is 1. The third kappa shape index (κ3) is 3.81.